The average Bonchev–Trinajstić information content (AvgIpc) is 0. The van der Waals surface area contributed by atoms with Crippen LogP contribution in [0.4, 0.5) is 0 Å². The molecule has 0 bridgehead atoms. The van der Waals surface area contributed by atoms with Gasteiger partial charge in [-0.3, -0.25) is 0 Å². The first-order valence-corrected chi connectivity index (χ1v) is 0. The fourth-order valence-electron chi connectivity index (χ4n) is 0. The maximum absolute atomic E-state index is 0. The quantitative estimate of drug-likeness (QED) is 0.483. The number of rotatable bonds is 0. The maximum atomic E-state index is 0. The van der Waals surface area contributed by atoms with Crippen LogP contribution in [-0.4, -0.2) is 48.9 Å². The molecule has 0 fully saturated rings. The van der Waals surface area contributed by atoms with Gasteiger partial charge in [0, 0.05) is 48.9 Å². The van der Waals surface area contributed by atoms with E-state index in [9.17, 15) is 0 Å². The van der Waals surface area contributed by atoms with Crippen LogP contribution in [0.25, 0.3) is 0 Å². The van der Waals surface area contributed by atoms with E-state index in [1.165, 1.54) is 0 Å². The fourth-order valence-corrected chi connectivity index (χ4v) is 0. The summed E-state index contributed by atoms with van der Waals surface area (Å²) in [5.41, 5.74) is 0. The Kier molecular flexibility index (Phi) is 656. The summed E-state index contributed by atoms with van der Waals surface area (Å²) in [6, 6.07) is 0. The summed E-state index contributed by atoms with van der Waals surface area (Å²) in [7, 11) is 0. The van der Waals surface area contributed by atoms with Crippen molar-refractivity contribution < 1.29 is 0 Å². The maximum Gasteiger partial charge on any atom is 0 e. The summed E-state index contributed by atoms with van der Waals surface area (Å²) < 4.78 is 0. The molecule has 0 rings (SSSR count). The van der Waals surface area contributed by atoms with Gasteiger partial charge in [0.25, 0.3) is 0 Å². The van der Waals surface area contributed by atoms with Gasteiger partial charge in [-0.15, -0.1) is 0 Å². The van der Waals surface area contributed by atoms with Crippen LogP contribution in [0, 0.1) is 0 Å². The van der Waals surface area contributed by atoms with Gasteiger partial charge < -0.3 is 0 Å². The van der Waals surface area contributed by atoms with E-state index in [1.807, 2.05) is 0 Å². The van der Waals surface area contributed by atoms with Crippen molar-refractivity contribution >= 4 is 116 Å². The molecule has 0 amide bonds. The SMILES string of the molecule is S.S.S.S.S.[Sb].[Sb]. The van der Waals surface area contributed by atoms with Crippen molar-refractivity contribution in [2.24, 2.45) is 0 Å². The summed E-state index contributed by atoms with van der Waals surface area (Å²) >= 11 is 0. The van der Waals surface area contributed by atoms with E-state index in [0.717, 1.165) is 0 Å². The van der Waals surface area contributed by atoms with Crippen molar-refractivity contribution in [1.29, 1.82) is 0 Å². The van der Waals surface area contributed by atoms with Crippen LogP contribution >= 0.6 is 67.5 Å². The third-order valence-corrected chi connectivity index (χ3v) is 0. The van der Waals surface area contributed by atoms with Crippen LogP contribution in [-0.2, 0) is 0 Å². The van der Waals surface area contributed by atoms with Crippen LogP contribution < -0.4 is 0 Å². The minimum absolute atomic E-state index is 0. The first-order chi connectivity index (χ1) is 0. The molecule has 0 nitrogen and oxygen atoms in total. The van der Waals surface area contributed by atoms with Crippen molar-refractivity contribution in [3.63, 3.8) is 0 Å². The Labute approximate surface area is 114 Å². The van der Waals surface area contributed by atoms with Crippen molar-refractivity contribution in [1.82, 2.24) is 0 Å². The summed E-state index contributed by atoms with van der Waals surface area (Å²) in [6.45, 7) is 0. The molecule has 0 heterocycles. The molecular formula is H10S5Sb2. The minimum Gasteiger partial charge on any atom is -0.197 e. The Morgan fingerprint density at radius 3 is 0.286 bits per heavy atom. The van der Waals surface area contributed by atoms with E-state index in [0.29, 0.717) is 0 Å². The van der Waals surface area contributed by atoms with Gasteiger partial charge >= 0.3 is 0 Å². The Bertz CT molecular complexity index is 6.04. The molecule has 0 aliphatic rings. The largest absolute Gasteiger partial charge is 0.197 e. The van der Waals surface area contributed by atoms with Gasteiger partial charge in [0.1, 0.15) is 0 Å². The van der Waals surface area contributed by atoms with Gasteiger partial charge in [-0.1, -0.05) is 0 Å². The van der Waals surface area contributed by atoms with Gasteiger partial charge in [0.15, 0.2) is 0 Å². The fraction of sp³-hybridized carbons (Fsp3) is 0. The smallest absolute Gasteiger partial charge is 0 e. The second-order valence-electron chi connectivity index (χ2n) is 0. The Morgan fingerprint density at radius 1 is 0.286 bits per heavy atom. The zero-order chi connectivity index (χ0) is 0. The molecule has 0 aliphatic carbocycles. The van der Waals surface area contributed by atoms with Crippen molar-refractivity contribution in [3.8, 4) is 0 Å². The first kappa shape index (κ1) is 79.8. The standard InChI is InChI=1S/5H2S.2Sb/h5*1H2;;. The molecule has 0 aromatic carbocycles. The van der Waals surface area contributed by atoms with E-state index in [2.05, 4.69) is 0 Å². The topological polar surface area (TPSA) is 0 Å². The zero-order valence-corrected chi connectivity index (χ0v) is 13.5. The Balaban J connectivity index is 0. The molecule has 0 unspecified atom stereocenters. The number of hydrogen-bond donors (Lipinski definition) is 0. The second kappa shape index (κ2) is 57.6. The number of hydrogen-bond acceptors (Lipinski definition) is 0. The van der Waals surface area contributed by atoms with Crippen LogP contribution in [0.2, 0.25) is 0 Å². The molecule has 7 heavy (non-hydrogen) atoms. The second-order valence-corrected chi connectivity index (χ2v) is 0. The molecule has 0 saturated carbocycles. The van der Waals surface area contributed by atoms with Gasteiger partial charge in [0.05, 0.1) is 0 Å². The van der Waals surface area contributed by atoms with Gasteiger partial charge in [0.2, 0.25) is 0 Å². The van der Waals surface area contributed by atoms with E-state index < -0.39 is 0 Å². The molecule has 0 spiro atoms. The Morgan fingerprint density at radius 2 is 0.286 bits per heavy atom. The third kappa shape index (κ3) is 44.7. The summed E-state index contributed by atoms with van der Waals surface area (Å²) in [5, 5.41) is 0. The molecule has 0 aliphatic heterocycles. The molecule has 0 N–H and O–H groups in total. The molecule has 50 valence electrons. The van der Waals surface area contributed by atoms with Gasteiger partial charge in [-0.25, -0.2) is 0 Å². The molecule has 0 atom stereocenters. The van der Waals surface area contributed by atoms with E-state index in [-0.39, 0.29) is 116 Å². The Hall–Kier alpha value is 3.39. The third-order valence-electron chi connectivity index (χ3n) is 0. The van der Waals surface area contributed by atoms with Gasteiger partial charge in [-0.2, -0.15) is 67.5 Å². The molecule has 6 radical (unpaired) electrons. The van der Waals surface area contributed by atoms with Crippen molar-refractivity contribution in [2.75, 3.05) is 0 Å². The van der Waals surface area contributed by atoms with E-state index in [4.69, 9.17) is 0 Å². The molecule has 0 aromatic heterocycles. The van der Waals surface area contributed by atoms with E-state index in [1.54, 1.807) is 0 Å². The minimum atomic E-state index is 0. The van der Waals surface area contributed by atoms with Crippen LogP contribution in [0.15, 0.2) is 0 Å². The first-order valence-electron chi connectivity index (χ1n) is 0. The summed E-state index contributed by atoms with van der Waals surface area (Å²) in [6.07, 6.45) is 0. The van der Waals surface area contributed by atoms with Crippen LogP contribution in [0.5, 0.6) is 0 Å². The van der Waals surface area contributed by atoms with Gasteiger partial charge in [-0.05, 0) is 0 Å². The molecule has 0 saturated heterocycles. The van der Waals surface area contributed by atoms with E-state index >= 15 is 0 Å². The van der Waals surface area contributed by atoms with Crippen LogP contribution in [0.1, 0.15) is 0 Å². The predicted molar refractivity (Wildman–Crippen MR) is 63.4 cm³/mol. The van der Waals surface area contributed by atoms with Crippen molar-refractivity contribution in [3.05, 3.63) is 0 Å². The average molecular weight is 414 g/mol. The predicted octanol–water partition coefficient (Wildman–Crippen LogP) is -0.198. The molecule has 0 aromatic rings. The monoisotopic (exact) mass is 412 g/mol. The summed E-state index contributed by atoms with van der Waals surface area (Å²) in [5.74, 6) is 0. The van der Waals surface area contributed by atoms with Crippen LogP contribution in [0.3, 0.4) is 0 Å². The normalized spacial score (nSPS) is 0. The molecule has 7 heteroatoms. The zero-order valence-electron chi connectivity index (χ0n) is 3.39. The molecular weight excluding hydrogens is 404 g/mol. The summed E-state index contributed by atoms with van der Waals surface area (Å²) in [4.78, 5) is 0. The van der Waals surface area contributed by atoms with Crippen molar-refractivity contribution in [2.45, 2.75) is 0 Å².